The van der Waals surface area contributed by atoms with Gasteiger partial charge in [0.2, 0.25) is 5.43 Å². The van der Waals surface area contributed by atoms with Crippen LogP contribution in [0.3, 0.4) is 0 Å². The number of rotatable bonds is 8. The molecule has 0 radical (unpaired) electrons. The van der Waals surface area contributed by atoms with Gasteiger partial charge in [-0.25, -0.2) is 0 Å². The molecule has 132 valence electrons. The third-order valence-corrected chi connectivity index (χ3v) is 5.24. The van der Waals surface area contributed by atoms with E-state index in [1.54, 1.807) is 0 Å². The van der Waals surface area contributed by atoms with E-state index in [0.717, 1.165) is 18.4 Å². The summed E-state index contributed by atoms with van der Waals surface area (Å²) in [5, 5.41) is 1.18. The summed E-state index contributed by atoms with van der Waals surface area (Å²) in [6, 6.07) is 13.1. The van der Waals surface area contributed by atoms with Crippen molar-refractivity contribution in [2.24, 2.45) is 0 Å². The number of fused-ring (bicyclic) bond motifs is 2. The van der Waals surface area contributed by atoms with Crippen LogP contribution in [0.2, 0.25) is 0 Å². The normalized spacial score (nSPS) is 12.7. The molecule has 0 saturated heterocycles. The number of halogens is 1. The molecule has 1 atom stereocenters. The monoisotopic (exact) mass is 356 g/mol. The lowest BCUT2D eigenvalue weighted by atomic mass is 10.0. The zero-order valence-electron chi connectivity index (χ0n) is 14.8. The highest BCUT2D eigenvalue weighted by atomic mass is 35.5. The summed E-state index contributed by atoms with van der Waals surface area (Å²) in [5.41, 5.74) is 2.27. The topological polar surface area (TPSA) is 30.2 Å². The van der Waals surface area contributed by atoms with Crippen molar-refractivity contribution in [3.05, 3.63) is 58.3 Å². The fraction of sp³-hybridized carbons (Fsp3) is 0.409. The number of benzene rings is 2. The van der Waals surface area contributed by atoms with Crippen molar-refractivity contribution in [3.8, 4) is 0 Å². The van der Waals surface area contributed by atoms with Crippen molar-refractivity contribution >= 4 is 33.5 Å². The standard InChI is InChI=1S/C22H25ClO2/c1-2-3-4-5-6-7-11-19(23)16-13-14-21-18(15-16)22(24)17-10-8-9-12-20(17)25-21/h8-10,12-15,19H,2-7,11H2,1H3. The lowest BCUT2D eigenvalue weighted by Crippen LogP contribution is -2.03. The fourth-order valence-electron chi connectivity index (χ4n) is 3.29. The summed E-state index contributed by atoms with van der Waals surface area (Å²) >= 11 is 6.58. The summed E-state index contributed by atoms with van der Waals surface area (Å²) in [6.45, 7) is 2.23. The van der Waals surface area contributed by atoms with Crippen molar-refractivity contribution in [2.75, 3.05) is 0 Å². The largest absolute Gasteiger partial charge is 0.456 e. The average Bonchev–Trinajstić information content (AvgIpc) is 2.64. The van der Waals surface area contributed by atoms with Crippen LogP contribution in [0.25, 0.3) is 21.9 Å². The van der Waals surface area contributed by atoms with Crippen LogP contribution >= 0.6 is 11.6 Å². The quantitative estimate of drug-likeness (QED) is 0.247. The number of hydrogen-bond donors (Lipinski definition) is 0. The molecule has 0 saturated carbocycles. The highest BCUT2D eigenvalue weighted by Gasteiger charge is 2.12. The van der Waals surface area contributed by atoms with Gasteiger partial charge in [0.05, 0.1) is 16.1 Å². The van der Waals surface area contributed by atoms with E-state index in [2.05, 4.69) is 6.92 Å². The molecule has 2 aromatic carbocycles. The third-order valence-electron chi connectivity index (χ3n) is 4.77. The summed E-state index contributed by atoms with van der Waals surface area (Å²) in [6.07, 6.45) is 8.48. The van der Waals surface area contributed by atoms with E-state index in [-0.39, 0.29) is 10.8 Å². The average molecular weight is 357 g/mol. The molecule has 2 nitrogen and oxygen atoms in total. The third kappa shape index (κ3) is 4.24. The molecule has 0 fully saturated rings. The molecule has 0 N–H and O–H groups in total. The van der Waals surface area contributed by atoms with Crippen molar-refractivity contribution in [1.29, 1.82) is 0 Å². The Bertz CT molecular complexity index is 897. The summed E-state index contributed by atoms with van der Waals surface area (Å²) in [5.74, 6) is 0. The Labute approximate surface area is 153 Å². The van der Waals surface area contributed by atoms with E-state index in [1.807, 2.05) is 42.5 Å². The maximum Gasteiger partial charge on any atom is 0.200 e. The van der Waals surface area contributed by atoms with Crippen LogP contribution in [0.15, 0.2) is 51.7 Å². The van der Waals surface area contributed by atoms with Crippen molar-refractivity contribution in [2.45, 2.75) is 57.2 Å². The van der Waals surface area contributed by atoms with Gasteiger partial charge in [-0.1, -0.05) is 63.6 Å². The maximum absolute atomic E-state index is 12.7. The van der Waals surface area contributed by atoms with Crippen LogP contribution in [0.4, 0.5) is 0 Å². The molecular formula is C22H25ClO2. The van der Waals surface area contributed by atoms with E-state index < -0.39 is 0 Å². The molecule has 1 unspecified atom stereocenters. The minimum Gasteiger partial charge on any atom is -0.456 e. The molecule has 0 aliphatic carbocycles. The number of unbranched alkanes of at least 4 members (excludes halogenated alkanes) is 5. The van der Waals surface area contributed by atoms with Crippen molar-refractivity contribution < 1.29 is 4.42 Å². The molecule has 1 aromatic heterocycles. The zero-order chi connectivity index (χ0) is 17.6. The predicted octanol–water partition coefficient (Wildman–Crippen LogP) is 6.98. The van der Waals surface area contributed by atoms with Gasteiger partial charge < -0.3 is 4.42 Å². The van der Waals surface area contributed by atoms with E-state index >= 15 is 0 Å². The van der Waals surface area contributed by atoms with Gasteiger partial charge in [0.1, 0.15) is 11.2 Å². The first-order chi connectivity index (χ1) is 12.2. The minimum atomic E-state index is -0.0542. The first-order valence-electron chi connectivity index (χ1n) is 9.30. The van der Waals surface area contributed by atoms with Crippen molar-refractivity contribution in [3.63, 3.8) is 0 Å². The molecule has 0 spiro atoms. The van der Waals surface area contributed by atoms with Gasteiger partial charge in [0.25, 0.3) is 0 Å². The zero-order valence-corrected chi connectivity index (χ0v) is 15.5. The molecule has 3 rings (SSSR count). The Balaban J connectivity index is 1.75. The molecule has 25 heavy (non-hydrogen) atoms. The second-order valence-corrected chi connectivity index (χ2v) is 7.23. The Hall–Kier alpha value is -1.80. The highest BCUT2D eigenvalue weighted by molar-refractivity contribution is 6.20. The number of para-hydroxylation sites is 1. The van der Waals surface area contributed by atoms with Gasteiger partial charge in [-0.2, -0.15) is 0 Å². The smallest absolute Gasteiger partial charge is 0.200 e. The van der Waals surface area contributed by atoms with Gasteiger partial charge in [0, 0.05) is 0 Å². The second-order valence-electron chi connectivity index (χ2n) is 6.71. The first-order valence-corrected chi connectivity index (χ1v) is 9.74. The molecule has 0 amide bonds. The fourth-order valence-corrected chi connectivity index (χ4v) is 3.58. The van der Waals surface area contributed by atoms with E-state index in [0.29, 0.717) is 21.9 Å². The van der Waals surface area contributed by atoms with Gasteiger partial charge >= 0.3 is 0 Å². The SMILES string of the molecule is CCCCCCCCC(Cl)c1ccc2oc3ccccc3c(=O)c2c1. The molecule has 1 heterocycles. The summed E-state index contributed by atoms with van der Waals surface area (Å²) < 4.78 is 5.85. The van der Waals surface area contributed by atoms with E-state index in [4.69, 9.17) is 16.0 Å². The summed E-state index contributed by atoms with van der Waals surface area (Å²) in [4.78, 5) is 12.7. The van der Waals surface area contributed by atoms with Crippen LogP contribution < -0.4 is 5.43 Å². The van der Waals surface area contributed by atoms with Crippen LogP contribution in [-0.2, 0) is 0 Å². The van der Waals surface area contributed by atoms with Crippen LogP contribution in [-0.4, -0.2) is 0 Å². The molecular weight excluding hydrogens is 332 g/mol. The Morgan fingerprint density at radius 2 is 1.64 bits per heavy atom. The van der Waals surface area contributed by atoms with Crippen LogP contribution in [0.1, 0.15) is 62.8 Å². The number of alkyl halides is 1. The minimum absolute atomic E-state index is 0.0159. The molecule has 0 aliphatic heterocycles. The Morgan fingerprint density at radius 1 is 0.920 bits per heavy atom. The second kappa shape index (κ2) is 8.53. The number of hydrogen-bond acceptors (Lipinski definition) is 2. The van der Waals surface area contributed by atoms with Gasteiger partial charge in [-0.05, 0) is 36.2 Å². The molecule has 0 bridgehead atoms. The molecule has 3 heteroatoms. The predicted molar refractivity (Wildman–Crippen MR) is 107 cm³/mol. The van der Waals surface area contributed by atoms with E-state index in [1.165, 1.54) is 32.1 Å². The van der Waals surface area contributed by atoms with Gasteiger partial charge in [0.15, 0.2) is 0 Å². The lowest BCUT2D eigenvalue weighted by Gasteiger charge is -2.11. The van der Waals surface area contributed by atoms with Crippen LogP contribution in [0, 0.1) is 0 Å². The highest BCUT2D eigenvalue weighted by Crippen LogP contribution is 2.29. The summed E-state index contributed by atoms with van der Waals surface area (Å²) in [7, 11) is 0. The first kappa shape index (κ1) is 18.0. The van der Waals surface area contributed by atoms with E-state index in [9.17, 15) is 4.79 Å². The van der Waals surface area contributed by atoms with Gasteiger partial charge in [-0.3, -0.25) is 4.79 Å². The Kier molecular flexibility index (Phi) is 6.14. The van der Waals surface area contributed by atoms with Gasteiger partial charge in [-0.15, -0.1) is 11.6 Å². The maximum atomic E-state index is 12.7. The molecule has 0 aliphatic rings. The van der Waals surface area contributed by atoms with Crippen molar-refractivity contribution in [1.82, 2.24) is 0 Å². The van der Waals surface area contributed by atoms with Crippen LogP contribution in [0.5, 0.6) is 0 Å². The molecule has 3 aromatic rings. The Morgan fingerprint density at radius 3 is 2.48 bits per heavy atom. The lowest BCUT2D eigenvalue weighted by molar-refractivity contribution is 0.584.